The molecule has 2 aromatic rings. The van der Waals surface area contributed by atoms with Crippen LogP contribution in [0.2, 0.25) is 0 Å². The molecule has 0 heterocycles. The van der Waals surface area contributed by atoms with Crippen LogP contribution in [0.25, 0.3) is 0 Å². The zero-order valence-electron chi connectivity index (χ0n) is 22.0. The summed E-state index contributed by atoms with van der Waals surface area (Å²) < 4.78 is 0. The van der Waals surface area contributed by atoms with E-state index in [-0.39, 0.29) is 20.4 Å². The number of hydrogen-bond donors (Lipinski definition) is 0. The van der Waals surface area contributed by atoms with E-state index in [0.717, 1.165) is 74.9 Å². The minimum atomic E-state index is 0. The maximum Gasteiger partial charge on any atom is 0.0665 e. The van der Waals surface area contributed by atoms with Gasteiger partial charge < -0.3 is 0 Å². The third-order valence-electron chi connectivity index (χ3n) is 5.79. The largest absolute Gasteiger partial charge is 0.255 e. The number of unbranched alkanes of at least 4 members (excludes halogenated alkanes) is 3. The van der Waals surface area contributed by atoms with Crippen molar-refractivity contribution in [1.29, 1.82) is 0 Å². The van der Waals surface area contributed by atoms with Crippen molar-refractivity contribution in [3.8, 4) is 0 Å². The summed E-state index contributed by atoms with van der Waals surface area (Å²) in [7, 11) is 0. The molecule has 0 saturated carbocycles. The predicted molar refractivity (Wildman–Crippen MR) is 152 cm³/mol. The third kappa shape index (κ3) is 13.0. The Labute approximate surface area is 228 Å². The van der Waals surface area contributed by atoms with Crippen molar-refractivity contribution < 1.29 is 20.4 Å². The van der Waals surface area contributed by atoms with Crippen LogP contribution in [0.1, 0.15) is 89.7 Å². The number of rotatable bonds is 16. The van der Waals surface area contributed by atoms with Crippen LogP contribution in [-0.2, 0) is 33.3 Å². The Kier molecular flexibility index (Phi) is 17.8. The van der Waals surface area contributed by atoms with Gasteiger partial charge in [-0.15, -0.1) is 0 Å². The molecule has 0 N–H and O–H groups in total. The second-order valence-corrected chi connectivity index (χ2v) is 8.82. The maximum atomic E-state index is 5.08. The van der Waals surface area contributed by atoms with Crippen LogP contribution < -0.4 is 0 Å². The summed E-state index contributed by atoms with van der Waals surface area (Å²) in [6.45, 7) is 6.67. The molecule has 3 heteroatoms. The van der Waals surface area contributed by atoms with E-state index in [1.54, 1.807) is 0 Å². The third-order valence-corrected chi connectivity index (χ3v) is 5.79. The fraction of sp³-hybridized carbons (Fsp3) is 0.438. The molecular formula is C32H44N2Pd. The molecule has 192 valence electrons. The number of para-hydroxylation sites is 2. The van der Waals surface area contributed by atoms with Gasteiger partial charge in [0, 0.05) is 26.6 Å². The molecule has 0 saturated heterocycles. The molecule has 0 aromatic heterocycles. The Hall–Kier alpha value is -2.08. The van der Waals surface area contributed by atoms with Crippen LogP contribution >= 0.6 is 0 Å². The van der Waals surface area contributed by atoms with Crippen LogP contribution in [0, 0.1) is 0 Å². The molecule has 0 bridgehead atoms. The number of aliphatic imine (C=N–C) groups is 2. The second kappa shape index (κ2) is 20.1. The average Bonchev–Trinajstić information content (AvgIpc) is 2.87. The minimum Gasteiger partial charge on any atom is -0.255 e. The summed E-state index contributed by atoms with van der Waals surface area (Å²) in [5.74, 6) is 0. The Morgan fingerprint density at radius 1 is 0.657 bits per heavy atom. The van der Waals surface area contributed by atoms with Crippen molar-refractivity contribution in [1.82, 2.24) is 0 Å². The van der Waals surface area contributed by atoms with Crippen molar-refractivity contribution in [2.45, 2.75) is 91.4 Å². The monoisotopic (exact) mass is 562 g/mol. The first-order chi connectivity index (χ1) is 16.8. The first-order valence-corrected chi connectivity index (χ1v) is 13.4. The van der Waals surface area contributed by atoms with Crippen LogP contribution in [0.3, 0.4) is 0 Å². The number of aryl methyl sites for hydroxylation is 2. The van der Waals surface area contributed by atoms with Crippen molar-refractivity contribution in [2.24, 2.45) is 9.98 Å². The molecule has 0 aliphatic rings. The molecule has 0 fully saturated rings. The van der Waals surface area contributed by atoms with E-state index in [1.807, 2.05) is 6.21 Å². The van der Waals surface area contributed by atoms with Crippen molar-refractivity contribution in [2.75, 3.05) is 0 Å². The van der Waals surface area contributed by atoms with Gasteiger partial charge in [-0.25, -0.2) is 0 Å². The van der Waals surface area contributed by atoms with Crippen LogP contribution in [-0.4, -0.2) is 11.9 Å². The van der Waals surface area contributed by atoms with Crippen LogP contribution in [0.15, 0.2) is 82.8 Å². The Balaban J connectivity index is 0.00000612. The Bertz CT molecular complexity index is 940. The van der Waals surface area contributed by atoms with E-state index < -0.39 is 0 Å². The van der Waals surface area contributed by atoms with E-state index in [2.05, 4.69) is 93.6 Å². The van der Waals surface area contributed by atoms with Gasteiger partial charge in [-0.05, 0) is 74.6 Å². The Morgan fingerprint density at radius 3 is 1.74 bits per heavy atom. The molecular weight excluding hydrogens is 519 g/mol. The second-order valence-electron chi connectivity index (χ2n) is 8.82. The molecule has 2 rings (SSSR count). The van der Waals surface area contributed by atoms with E-state index in [4.69, 9.17) is 9.98 Å². The molecule has 0 amide bonds. The molecule has 0 unspecified atom stereocenters. The molecule has 35 heavy (non-hydrogen) atoms. The van der Waals surface area contributed by atoms with Gasteiger partial charge in [0.05, 0.1) is 17.1 Å². The Morgan fingerprint density at radius 2 is 1.17 bits per heavy atom. The van der Waals surface area contributed by atoms with Crippen molar-refractivity contribution >= 4 is 23.3 Å². The summed E-state index contributed by atoms with van der Waals surface area (Å²) in [5.41, 5.74) is 5.82. The first-order valence-electron chi connectivity index (χ1n) is 13.4. The topological polar surface area (TPSA) is 24.7 Å². The standard InChI is InChI=1S/C32H44N2.Pd/c1-4-7-10-12-14-20-28-22-16-18-25-31(28)33-27-30(24-9-6-3)34-32-26-19-17-23-29(32)21-15-13-11-8-5-2;/h10-13,16-19,22-23,25-27H,4-9,14-15,20-21,24H2,1-3H3;. The van der Waals surface area contributed by atoms with E-state index in [9.17, 15) is 0 Å². The van der Waals surface area contributed by atoms with Crippen molar-refractivity contribution in [3.63, 3.8) is 0 Å². The minimum absolute atomic E-state index is 0. The summed E-state index contributed by atoms with van der Waals surface area (Å²) in [4.78, 5) is 9.99. The molecule has 0 atom stereocenters. The fourth-order valence-corrected chi connectivity index (χ4v) is 3.77. The average molecular weight is 563 g/mol. The molecule has 0 aliphatic carbocycles. The zero-order valence-corrected chi connectivity index (χ0v) is 23.5. The van der Waals surface area contributed by atoms with Gasteiger partial charge in [-0.1, -0.05) is 101 Å². The van der Waals surface area contributed by atoms with Gasteiger partial charge in [-0.2, -0.15) is 0 Å². The molecule has 0 radical (unpaired) electrons. The van der Waals surface area contributed by atoms with Gasteiger partial charge in [0.25, 0.3) is 0 Å². The van der Waals surface area contributed by atoms with E-state index in [1.165, 1.54) is 24.0 Å². The summed E-state index contributed by atoms with van der Waals surface area (Å²) in [5, 5.41) is 0. The van der Waals surface area contributed by atoms with Crippen LogP contribution in [0.4, 0.5) is 11.4 Å². The number of allylic oxidation sites excluding steroid dienone is 4. The van der Waals surface area contributed by atoms with Gasteiger partial charge in [0.15, 0.2) is 0 Å². The SMILES string of the molecule is CCCC=CCCc1ccccc1N=CC(CCCC)=Nc1ccccc1CCC=CCCC.[Pd]. The van der Waals surface area contributed by atoms with E-state index >= 15 is 0 Å². The van der Waals surface area contributed by atoms with Gasteiger partial charge in [-0.3, -0.25) is 9.98 Å². The molecule has 2 aromatic carbocycles. The normalized spacial score (nSPS) is 12.1. The smallest absolute Gasteiger partial charge is 0.0665 e. The number of hydrogen-bond acceptors (Lipinski definition) is 2. The molecule has 2 nitrogen and oxygen atoms in total. The first kappa shape index (κ1) is 31.0. The van der Waals surface area contributed by atoms with Crippen molar-refractivity contribution in [3.05, 3.63) is 84.0 Å². The summed E-state index contributed by atoms with van der Waals surface area (Å²) in [6, 6.07) is 17.1. The maximum absolute atomic E-state index is 5.08. The zero-order chi connectivity index (χ0) is 24.3. The molecule has 0 aliphatic heterocycles. The van der Waals surface area contributed by atoms with Gasteiger partial charge in [0.2, 0.25) is 0 Å². The molecule has 0 spiro atoms. The summed E-state index contributed by atoms with van der Waals surface area (Å²) in [6.07, 6.45) is 23.3. The van der Waals surface area contributed by atoms with E-state index in [0.29, 0.717) is 0 Å². The van der Waals surface area contributed by atoms with Crippen LogP contribution in [0.5, 0.6) is 0 Å². The summed E-state index contributed by atoms with van der Waals surface area (Å²) >= 11 is 0. The fourth-order valence-electron chi connectivity index (χ4n) is 3.77. The quantitative estimate of drug-likeness (QED) is 0.110. The van der Waals surface area contributed by atoms with Gasteiger partial charge >= 0.3 is 0 Å². The number of benzene rings is 2. The van der Waals surface area contributed by atoms with Gasteiger partial charge in [0.1, 0.15) is 0 Å². The number of nitrogens with zero attached hydrogens (tertiary/aromatic N) is 2. The predicted octanol–water partition coefficient (Wildman–Crippen LogP) is 9.93.